The molecule has 1 unspecified atom stereocenters. The molecule has 184 valence electrons. The summed E-state index contributed by atoms with van der Waals surface area (Å²) in [5, 5.41) is 7.58. The molecule has 0 spiro atoms. The Morgan fingerprint density at radius 2 is 1.83 bits per heavy atom. The number of alkyl halides is 3. The van der Waals surface area contributed by atoms with Crippen LogP contribution in [0.2, 0.25) is 0 Å². The van der Waals surface area contributed by atoms with Crippen molar-refractivity contribution in [3.8, 4) is 11.4 Å². The normalized spacial score (nSPS) is 12.8. The number of nitrogens with one attached hydrogen (secondary N) is 2. The highest BCUT2D eigenvalue weighted by atomic mass is 32.1. The molecule has 35 heavy (non-hydrogen) atoms. The van der Waals surface area contributed by atoms with Gasteiger partial charge in [0.1, 0.15) is 11.3 Å². The molecule has 0 saturated heterocycles. The predicted octanol–water partition coefficient (Wildman–Crippen LogP) is 4.82. The maximum Gasteiger partial charge on any atom is 0.288 e. The predicted molar refractivity (Wildman–Crippen MR) is 127 cm³/mol. The molecule has 4 aromatic heterocycles. The minimum absolute atomic E-state index is 0.0666. The van der Waals surface area contributed by atoms with Gasteiger partial charge in [-0.05, 0) is 45.0 Å². The molecule has 12 heteroatoms. The zero-order chi connectivity index (χ0) is 25.3. The van der Waals surface area contributed by atoms with Crippen molar-refractivity contribution in [3.63, 3.8) is 0 Å². The molecule has 4 aromatic rings. The molecule has 0 radical (unpaired) electrons. The van der Waals surface area contributed by atoms with Crippen LogP contribution >= 0.6 is 11.3 Å². The molecule has 0 saturated carbocycles. The van der Waals surface area contributed by atoms with E-state index in [9.17, 15) is 22.8 Å². The number of pyridine rings is 1. The van der Waals surface area contributed by atoms with Crippen molar-refractivity contribution in [2.45, 2.75) is 39.0 Å². The average Bonchev–Trinajstić information content (AvgIpc) is 3.55. The van der Waals surface area contributed by atoms with E-state index in [0.29, 0.717) is 22.3 Å². The van der Waals surface area contributed by atoms with Gasteiger partial charge in [-0.2, -0.15) is 0 Å². The van der Waals surface area contributed by atoms with Gasteiger partial charge in [-0.15, -0.1) is 11.3 Å². The molecule has 0 aromatic carbocycles. The third kappa shape index (κ3) is 5.37. The minimum Gasteiger partial charge on any atom is -0.348 e. The fraction of sp³-hybridized carbons (Fsp3) is 0.304. The van der Waals surface area contributed by atoms with Crippen molar-refractivity contribution in [2.75, 3.05) is 11.9 Å². The van der Waals surface area contributed by atoms with Gasteiger partial charge in [0.15, 0.2) is 5.13 Å². The first kappa shape index (κ1) is 24.5. The number of halogens is 3. The highest BCUT2D eigenvalue weighted by molar-refractivity contribution is 7.14. The number of thiazole rings is 1. The summed E-state index contributed by atoms with van der Waals surface area (Å²) in [6, 6.07) is 6.44. The number of anilines is 1. The Kier molecular flexibility index (Phi) is 6.66. The van der Waals surface area contributed by atoms with E-state index in [4.69, 9.17) is 0 Å². The molecule has 0 aliphatic rings. The molecule has 0 aliphatic heterocycles. The molecule has 1 atom stereocenters. The van der Waals surface area contributed by atoms with Gasteiger partial charge in [0.2, 0.25) is 12.2 Å². The van der Waals surface area contributed by atoms with Crippen molar-refractivity contribution in [1.82, 2.24) is 24.4 Å². The summed E-state index contributed by atoms with van der Waals surface area (Å²) in [4.78, 5) is 33.2. The zero-order valence-corrected chi connectivity index (χ0v) is 19.9. The lowest BCUT2D eigenvalue weighted by Gasteiger charge is -2.20. The summed E-state index contributed by atoms with van der Waals surface area (Å²) in [5.41, 5.74) is 1.07. The van der Waals surface area contributed by atoms with Gasteiger partial charge in [0.25, 0.3) is 12.3 Å². The van der Waals surface area contributed by atoms with Crippen LogP contribution in [0.4, 0.5) is 18.3 Å². The average molecular weight is 505 g/mol. The van der Waals surface area contributed by atoms with E-state index in [1.54, 1.807) is 36.0 Å². The van der Waals surface area contributed by atoms with E-state index < -0.39 is 18.6 Å². The van der Waals surface area contributed by atoms with Crippen LogP contribution in [-0.2, 0) is 10.3 Å². The van der Waals surface area contributed by atoms with Crippen molar-refractivity contribution in [2.24, 2.45) is 0 Å². The van der Waals surface area contributed by atoms with Gasteiger partial charge in [0, 0.05) is 34.9 Å². The highest BCUT2D eigenvalue weighted by Gasteiger charge is 2.23. The van der Waals surface area contributed by atoms with Gasteiger partial charge < -0.3 is 15.2 Å². The smallest absolute Gasteiger partial charge is 0.288 e. The van der Waals surface area contributed by atoms with Crippen molar-refractivity contribution in [1.29, 1.82) is 0 Å². The maximum absolute atomic E-state index is 13.9. The molecule has 4 rings (SSSR count). The number of aromatic nitrogens is 4. The van der Waals surface area contributed by atoms with Crippen LogP contribution in [0.1, 0.15) is 37.4 Å². The molecule has 2 amide bonds. The number of carbonyl (C=O) groups excluding carboxylic acids is 2. The largest absolute Gasteiger partial charge is 0.348 e. The molecule has 4 heterocycles. The molecule has 0 aliphatic carbocycles. The Bertz CT molecular complexity index is 1370. The lowest BCUT2D eigenvalue weighted by atomic mass is 10.1. The van der Waals surface area contributed by atoms with Crippen LogP contribution in [0.3, 0.4) is 0 Å². The Hall–Kier alpha value is -3.67. The lowest BCUT2D eigenvalue weighted by molar-refractivity contribution is -0.115. The molecule has 0 bridgehead atoms. The van der Waals surface area contributed by atoms with Crippen LogP contribution in [-0.4, -0.2) is 43.9 Å². The first-order valence-corrected chi connectivity index (χ1v) is 11.5. The standard InChI is InChI=1S/C23H23F3N6O2S/c1-23(2,3)31-8-6-14(11-31)21(34)27-10-17(33)30-22-29-16(12-35-22)15-5-4-13-7-9-32(20(13)28-15)19(26)18(24)25/h4-9,11-12,18-19H,10H2,1-3H3,(H,27,34)(H,29,30,33). The van der Waals surface area contributed by atoms with Crippen LogP contribution in [0, 0.1) is 0 Å². The first-order chi connectivity index (χ1) is 16.5. The van der Waals surface area contributed by atoms with Crippen molar-refractivity contribution in [3.05, 3.63) is 53.8 Å². The summed E-state index contributed by atoms with van der Waals surface area (Å²) in [6.07, 6.45) is -0.959. The monoisotopic (exact) mass is 504 g/mol. The van der Waals surface area contributed by atoms with Crippen molar-refractivity contribution < 1.29 is 22.8 Å². The van der Waals surface area contributed by atoms with E-state index in [-0.39, 0.29) is 28.8 Å². The second kappa shape index (κ2) is 9.53. The number of hydrogen-bond donors (Lipinski definition) is 2. The lowest BCUT2D eigenvalue weighted by Crippen LogP contribution is -2.32. The Morgan fingerprint density at radius 3 is 2.51 bits per heavy atom. The topological polar surface area (TPSA) is 93.8 Å². The van der Waals surface area contributed by atoms with Crippen LogP contribution < -0.4 is 10.6 Å². The van der Waals surface area contributed by atoms with Gasteiger partial charge >= 0.3 is 0 Å². The summed E-state index contributed by atoms with van der Waals surface area (Å²) in [5.74, 6) is -0.845. The van der Waals surface area contributed by atoms with E-state index in [2.05, 4.69) is 20.6 Å². The third-order valence-corrected chi connectivity index (χ3v) is 5.95. The summed E-state index contributed by atoms with van der Waals surface area (Å²) >= 11 is 1.13. The second-order valence-electron chi connectivity index (χ2n) is 8.79. The first-order valence-electron chi connectivity index (χ1n) is 10.6. The number of hydrogen-bond acceptors (Lipinski definition) is 5. The summed E-state index contributed by atoms with van der Waals surface area (Å²) in [7, 11) is 0. The van der Waals surface area contributed by atoms with E-state index >= 15 is 0 Å². The molecule has 8 nitrogen and oxygen atoms in total. The SMILES string of the molecule is CC(C)(C)n1ccc(C(=O)NCC(=O)Nc2nc(-c3ccc4ccn(C(F)C(F)F)c4n3)cs2)c1. The third-order valence-electron chi connectivity index (χ3n) is 5.19. The van der Waals surface area contributed by atoms with Gasteiger partial charge in [-0.1, -0.05) is 0 Å². The molecule has 0 fully saturated rings. The number of amides is 2. The number of fused-ring (bicyclic) bond motifs is 1. The fourth-order valence-corrected chi connectivity index (χ4v) is 4.03. The number of carbonyl (C=O) groups is 2. The minimum atomic E-state index is -3.18. The molecular weight excluding hydrogens is 481 g/mol. The Labute approximate surface area is 202 Å². The maximum atomic E-state index is 13.9. The molecule has 2 N–H and O–H groups in total. The van der Waals surface area contributed by atoms with E-state index in [1.165, 1.54) is 12.3 Å². The van der Waals surface area contributed by atoms with Gasteiger partial charge in [-0.25, -0.2) is 23.1 Å². The van der Waals surface area contributed by atoms with E-state index in [0.717, 1.165) is 15.9 Å². The molecular formula is C23H23F3N6O2S. The highest BCUT2D eigenvalue weighted by Crippen LogP contribution is 2.28. The Balaban J connectivity index is 1.39. The van der Waals surface area contributed by atoms with Gasteiger partial charge in [0.05, 0.1) is 17.8 Å². The summed E-state index contributed by atoms with van der Waals surface area (Å²) in [6.45, 7) is 5.78. The number of rotatable bonds is 7. The van der Waals surface area contributed by atoms with Crippen LogP contribution in [0.5, 0.6) is 0 Å². The van der Waals surface area contributed by atoms with E-state index in [1.807, 2.05) is 25.3 Å². The Morgan fingerprint density at radius 1 is 1.06 bits per heavy atom. The zero-order valence-electron chi connectivity index (χ0n) is 19.1. The summed E-state index contributed by atoms with van der Waals surface area (Å²) < 4.78 is 42.2. The van der Waals surface area contributed by atoms with Gasteiger partial charge in [-0.3, -0.25) is 14.2 Å². The van der Waals surface area contributed by atoms with Crippen LogP contribution in [0.15, 0.2) is 48.2 Å². The fourth-order valence-electron chi connectivity index (χ4n) is 3.31. The second-order valence-corrected chi connectivity index (χ2v) is 9.64. The number of nitrogens with zero attached hydrogens (tertiary/aromatic N) is 4. The van der Waals surface area contributed by atoms with Crippen LogP contribution in [0.25, 0.3) is 22.4 Å². The quantitative estimate of drug-likeness (QED) is 0.378. The van der Waals surface area contributed by atoms with Crippen molar-refractivity contribution >= 4 is 39.3 Å².